The lowest BCUT2D eigenvalue weighted by molar-refractivity contribution is 0.236. The molecule has 7 heteroatoms. The fourth-order valence-electron chi connectivity index (χ4n) is 2.05. The number of anilines is 1. The number of nitrogens with one attached hydrogen (secondary N) is 2. The summed E-state index contributed by atoms with van der Waals surface area (Å²) in [6.45, 7) is 7.06. The van der Waals surface area contributed by atoms with Gasteiger partial charge in [-0.05, 0) is 24.7 Å². The minimum absolute atomic E-state index is 0.156. The number of nitrogens with zero attached hydrogens (tertiary/aromatic N) is 2. The van der Waals surface area contributed by atoms with Crippen molar-refractivity contribution in [1.82, 2.24) is 15.5 Å². The number of amides is 2. The molecule has 1 heterocycles. The average molecular weight is 314 g/mol. The van der Waals surface area contributed by atoms with Crippen LogP contribution in [0, 0.1) is 11.8 Å². The van der Waals surface area contributed by atoms with Gasteiger partial charge in [0, 0.05) is 19.6 Å². The van der Waals surface area contributed by atoms with E-state index in [-0.39, 0.29) is 12.6 Å². The molecule has 0 saturated heterocycles. The Morgan fingerprint density at radius 2 is 2.10 bits per heavy atom. The van der Waals surface area contributed by atoms with Crippen LogP contribution in [0.15, 0.2) is 0 Å². The summed E-state index contributed by atoms with van der Waals surface area (Å²) in [5, 5.41) is 24.0. The van der Waals surface area contributed by atoms with Gasteiger partial charge < -0.3 is 10.4 Å². The number of carbonyl (C=O) groups is 1. The summed E-state index contributed by atoms with van der Waals surface area (Å²) in [5.74, 6) is 0.838. The maximum atomic E-state index is 11.8. The molecule has 6 nitrogen and oxygen atoms in total. The highest BCUT2D eigenvalue weighted by Crippen LogP contribution is 2.18. The molecule has 0 bridgehead atoms. The number of urea groups is 1. The van der Waals surface area contributed by atoms with Crippen LogP contribution in [0.25, 0.3) is 0 Å². The van der Waals surface area contributed by atoms with Gasteiger partial charge in [-0.3, -0.25) is 5.32 Å². The number of aromatic nitrogens is 2. The van der Waals surface area contributed by atoms with Crippen molar-refractivity contribution in [3.8, 4) is 0 Å². The lowest BCUT2D eigenvalue weighted by atomic mass is 10.0. The summed E-state index contributed by atoms with van der Waals surface area (Å²) in [4.78, 5) is 11.8. The monoisotopic (exact) mass is 314 g/mol. The van der Waals surface area contributed by atoms with Crippen LogP contribution in [0.4, 0.5) is 9.93 Å². The minimum atomic E-state index is -0.263. The zero-order valence-electron chi connectivity index (χ0n) is 13.1. The molecule has 0 saturated carbocycles. The smallest absolute Gasteiger partial charge is 0.321 e. The zero-order chi connectivity index (χ0) is 15.7. The molecule has 3 N–H and O–H groups in total. The van der Waals surface area contributed by atoms with Crippen LogP contribution in [0.3, 0.4) is 0 Å². The molecule has 0 radical (unpaired) electrons. The maximum absolute atomic E-state index is 11.8. The number of hydrogen-bond donors (Lipinski definition) is 3. The van der Waals surface area contributed by atoms with Crippen LogP contribution >= 0.6 is 11.3 Å². The van der Waals surface area contributed by atoms with Crippen molar-refractivity contribution in [2.75, 3.05) is 18.5 Å². The second-order valence-corrected chi connectivity index (χ2v) is 6.66. The Hall–Kier alpha value is -1.21. The van der Waals surface area contributed by atoms with E-state index in [1.54, 1.807) is 0 Å². The van der Waals surface area contributed by atoms with E-state index in [1.807, 2.05) is 0 Å². The van der Waals surface area contributed by atoms with Crippen LogP contribution in [-0.4, -0.2) is 34.5 Å². The van der Waals surface area contributed by atoms with Crippen molar-refractivity contribution in [2.45, 2.75) is 46.5 Å². The van der Waals surface area contributed by atoms with E-state index in [4.69, 9.17) is 5.11 Å². The zero-order valence-corrected chi connectivity index (χ0v) is 13.9. The molecule has 0 aliphatic carbocycles. The van der Waals surface area contributed by atoms with Gasteiger partial charge in [0.15, 0.2) is 0 Å². The van der Waals surface area contributed by atoms with E-state index in [0.29, 0.717) is 29.9 Å². The molecule has 1 aromatic rings. The van der Waals surface area contributed by atoms with Crippen molar-refractivity contribution in [1.29, 1.82) is 0 Å². The third-order valence-corrected chi connectivity index (χ3v) is 3.92. The number of aliphatic hydroxyl groups excluding tert-OH is 1. The third kappa shape index (κ3) is 7.38. The molecule has 1 unspecified atom stereocenters. The Bertz CT molecular complexity index is 417. The van der Waals surface area contributed by atoms with Gasteiger partial charge in [-0.2, -0.15) is 0 Å². The summed E-state index contributed by atoms with van der Waals surface area (Å²) >= 11 is 1.41. The summed E-state index contributed by atoms with van der Waals surface area (Å²) in [6.07, 6.45) is 3.63. The first-order chi connectivity index (χ1) is 10.0. The molecule has 120 valence electrons. The molecule has 1 rings (SSSR count). The van der Waals surface area contributed by atoms with E-state index in [0.717, 1.165) is 24.3 Å². The van der Waals surface area contributed by atoms with Crippen molar-refractivity contribution in [2.24, 2.45) is 11.8 Å². The maximum Gasteiger partial charge on any atom is 0.321 e. The summed E-state index contributed by atoms with van der Waals surface area (Å²) < 4.78 is 0. The minimum Gasteiger partial charge on any atom is -0.396 e. The molecule has 1 atom stereocenters. The van der Waals surface area contributed by atoms with Crippen LogP contribution in [-0.2, 0) is 6.42 Å². The SMILES string of the molecule is CCCC(CCO)CNC(=O)Nc1nnc(CC(C)C)s1. The standard InChI is InChI=1S/C14H26N4O2S/c1-4-5-11(6-7-19)9-15-13(20)16-14-18-17-12(21-14)8-10(2)3/h10-11,19H,4-9H2,1-3H3,(H2,15,16,18,20). The summed E-state index contributed by atoms with van der Waals surface area (Å²) in [6, 6.07) is -0.263. The van der Waals surface area contributed by atoms with Gasteiger partial charge in [0.2, 0.25) is 5.13 Å². The number of rotatable bonds is 9. The highest BCUT2D eigenvalue weighted by atomic mass is 32.1. The average Bonchev–Trinajstić information content (AvgIpc) is 2.83. The predicted molar refractivity (Wildman–Crippen MR) is 85.6 cm³/mol. The van der Waals surface area contributed by atoms with E-state index in [2.05, 4.69) is 41.6 Å². The lowest BCUT2D eigenvalue weighted by Gasteiger charge is -2.15. The van der Waals surface area contributed by atoms with Gasteiger partial charge >= 0.3 is 6.03 Å². The molecular weight excluding hydrogens is 288 g/mol. The van der Waals surface area contributed by atoms with Crippen molar-refractivity contribution in [3.05, 3.63) is 5.01 Å². The Kier molecular flexibility index (Phi) is 8.22. The van der Waals surface area contributed by atoms with Gasteiger partial charge in [0.1, 0.15) is 5.01 Å². The highest BCUT2D eigenvalue weighted by molar-refractivity contribution is 7.15. The van der Waals surface area contributed by atoms with Crippen LogP contribution in [0.1, 0.15) is 45.0 Å². The van der Waals surface area contributed by atoms with Crippen LogP contribution in [0.5, 0.6) is 0 Å². The van der Waals surface area contributed by atoms with E-state index < -0.39 is 0 Å². The number of hydrogen-bond acceptors (Lipinski definition) is 5. The fraction of sp³-hybridized carbons (Fsp3) is 0.786. The topological polar surface area (TPSA) is 87.1 Å². The molecule has 2 amide bonds. The normalized spacial score (nSPS) is 12.4. The lowest BCUT2D eigenvalue weighted by Crippen LogP contribution is -2.33. The van der Waals surface area contributed by atoms with Gasteiger partial charge in [-0.15, -0.1) is 10.2 Å². The largest absolute Gasteiger partial charge is 0.396 e. The first-order valence-electron chi connectivity index (χ1n) is 7.53. The molecule has 21 heavy (non-hydrogen) atoms. The third-order valence-electron chi connectivity index (χ3n) is 3.06. The number of carbonyl (C=O) groups excluding carboxylic acids is 1. The molecule has 0 spiro atoms. The first kappa shape index (κ1) is 17.8. The Labute approximate surface area is 130 Å². The molecule has 0 fully saturated rings. The summed E-state index contributed by atoms with van der Waals surface area (Å²) in [7, 11) is 0. The molecule has 0 aromatic carbocycles. The highest BCUT2D eigenvalue weighted by Gasteiger charge is 2.12. The van der Waals surface area contributed by atoms with Gasteiger partial charge in [-0.25, -0.2) is 4.79 Å². The Balaban J connectivity index is 2.37. The van der Waals surface area contributed by atoms with Gasteiger partial charge in [0.25, 0.3) is 0 Å². The quantitative estimate of drug-likeness (QED) is 0.654. The Morgan fingerprint density at radius 3 is 2.71 bits per heavy atom. The number of aliphatic hydroxyl groups is 1. The van der Waals surface area contributed by atoms with E-state index in [9.17, 15) is 4.79 Å². The second-order valence-electron chi connectivity index (χ2n) is 5.60. The predicted octanol–water partition coefficient (Wildman–Crippen LogP) is 2.66. The summed E-state index contributed by atoms with van der Waals surface area (Å²) in [5.41, 5.74) is 0. The van der Waals surface area contributed by atoms with Gasteiger partial charge in [-0.1, -0.05) is 38.5 Å². The Morgan fingerprint density at radius 1 is 1.33 bits per heavy atom. The molecule has 1 aromatic heterocycles. The van der Waals surface area contributed by atoms with Crippen molar-refractivity contribution in [3.63, 3.8) is 0 Å². The molecular formula is C14H26N4O2S. The molecule has 0 aliphatic heterocycles. The van der Waals surface area contributed by atoms with Crippen molar-refractivity contribution < 1.29 is 9.90 Å². The van der Waals surface area contributed by atoms with Gasteiger partial charge in [0.05, 0.1) is 0 Å². The first-order valence-corrected chi connectivity index (χ1v) is 8.34. The second kappa shape index (κ2) is 9.68. The van der Waals surface area contributed by atoms with Crippen LogP contribution in [0.2, 0.25) is 0 Å². The van der Waals surface area contributed by atoms with Crippen molar-refractivity contribution >= 4 is 22.5 Å². The molecule has 0 aliphatic rings. The fourth-order valence-corrected chi connectivity index (χ4v) is 3.00. The van der Waals surface area contributed by atoms with E-state index in [1.165, 1.54) is 11.3 Å². The van der Waals surface area contributed by atoms with Crippen LogP contribution < -0.4 is 10.6 Å². The van der Waals surface area contributed by atoms with E-state index >= 15 is 0 Å².